The van der Waals surface area contributed by atoms with E-state index in [9.17, 15) is 4.79 Å². The van der Waals surface area contributed by atoms with Gasteiger partial charge in [-0.2, -0.15) is 0 Å². The first-order valence-corrected chi connectivity index (χ1v) is 5.78. The van der Waals surface area contributed by atoms with E-state index in [0.717, 1.165) is 16.8 Å². The van der Waals surface area contributed by atoms with Gasteiger partial charge in [-0.3, -0.25) is 16.1 Å². The highest BCUT2D eigenvalue weighted by molar-refractivity contribution is 6.07. The van der Waals surface area contributed by atoms with Crippen LogP contribution in [0.5, 0.6) is 0 Å². The molecule has 0 radical (unpaired) electrons. The van der Waals surface area contributed by atoms with Crippen LogP contribution in [0.3, 0.4) is 0 Å². The van der Waals surface area contributed by atoms with E-state index in [1.165, 1.54) is 0 Å². The molecule has 1 heterocycles. The SMILES string of the molecule is CC(NN)c1ccc2c(c1)C(C)(C)C(=O)N2C. The highest BCUT2D eigenvalue weighted by atomic mass is 16.2. The lowest BCUT2D eigenvalue weighted by Gasteiger charge is -2.18. The average Bonchev–Trinajstić information content (AvgIpc) is 2.50. The van der Waals surface area contributed by atoms with Crippen LogP contribution < -0.4 is 16.2 Å². The van der Waals surface area contributed by atoms with E-state index in [0.29, 0.717) is 0 Å². The smallest absolute Gasteiger partial charge is 0.236 e. The Balaban J connectivity index is 2.54. The van der Waals surface area contributed by atoms with Gasteiger partial charge in [0, 0.05) is 18.8 Å². The van der Waals surface area contributed by atoms with Gasteiger partial charge in [0.15, 0.2) is 0 Å². The molecule has 1 aliphatic heterocycles. The Bertz CT molecular complexity index is 468. The molecule has 0 saturated carbocycles. The summed E-state index contributed by atoms with van der Waals surface area (Å²) < 4.78 is 0. The highest BCUT2D eigenvalue weighted by Gasteiger charge is 2.42. The zero-order valence-corrected chi connectivity index (χ0v) is 10.7. The van der Waals surface area contributed by atoms with Crippen molar-refractivity contribution in [3.05, 3.63) is 29.3 Å². The molecule has 3 N–H and O–H groups in total. The van der Waals surface area contributed by atoms with Crippen molar-refractivity contribution < 1.29 is 4.79 Å². The maximum Gasteiger partial charge on any atom is 0.236 e. The number of anilines is 1. The third-order valence-electron chi connectivity index (χ3n) is 3.64. The molecule has 1 aromatic carbocycles. The van der Waals surface area contributed by atoms with E-state index in [-0.39, 0.29) is 11.9 Å². The molecule has 1 aliphatic rings. The van der Waals surface area contributed by atoms with Crippen molar-refractivity contribution in [2.45, 2.75) is 32.2 Å². The summed E-state index contributed by atoms with van der Waals surface area (Å²) in [4.78, 5) is 13.8. The number of fused-ring (bicyclic) bond motifs is 1. The zero-order valence-electron chi connectivity index (χ0n) is 10.7. The molecule has 0 aliphatic carbocycles. The number of benzene rings is 1. The summed E-state index contributed by atoms with van der Waals surface area (Å²) in [7, 11) is 1.82. The number of amides is 1. The van der Waals surface area contributed by atoms with Gasteiger partial charge in [-0.05, 0) is 38.0 Å². The van der Waals surface area contributed by atoms with Crippen molar-refractivity contribution in [2.24, 2.45) is 5.84 Å². The number of hydrazine groups is 1. The number of carbonyl (C=O) groups is 1. The number of hydrogen-bond acceptors (Lipinski definition) is 3. The summed E-state index contributed by atoms with van der Waals surface area (Å²) in [5.74, 6) is 5.58. The fourth-order valence-corrected chi connectivity index (χ4v) is 2.36. The van der Waals surface area contributed by atoms with Crippen LogP contribution in [0.1, 0.15) is 37.9 Å². The van der Waals surface area contributed by atoms with Gasteiger partial charge in [0.2, 0.25) is 5.91 Å². The van der Waals surface area contributed by atoms with Crippen molar-refractivity contribution in [2.75, 3.05) is 11.9 Å². The molecule has 0 saturated heterocycles. The molecular weight excluding hydrogens is 214 g/mol. The van der Waals surface area contributed by atoms with E-state index in [1.807, 2.05) is 40.0 Å². The number of nitrogens with zero attached hydrogens (tertiary/aromatic N) is 1. The van der Waals surface area contributed by atoms with E-state index in [2.05, 4.69) is 11.5 Å². The lowest BCUT2D eigenvalue weighted by Crippen LogP contribution is -2.33. The summed E-state index contributed by atoms with van der Waals surface area (Å²) in [5.41, 5.74) is 5.44. The second kappa shape index (κ2) is 3.82. The third kappa shape index (κ3) is 1.64. The minimum atomic E-state index is -0.450. The van der Waals surface area contributed by atoms with Crippen LogP contribution >= 0.6 is 0 Å². The normalized spacial score (nSPS) is 19.4. The zero-order chi connectivity index (χ0) is 12.8. The molecule has 1 amide bonds. The molecule has 4 heteroatoms. The number of hydrogen-bond donors (Lipinski definition) is 2. The van der Waals surface area contributed by atoms with Crippen molar-refractivity contribution in [1.82, 2.24) is 5.43 Å². The highest BCUT2D eigenvalue weighted by Crippen LogP contribution is 2.41. The number of rotatable bonds is 2. The van der Waals surface area contributed by atoms with Crippen LogP contribution in [-0.2, 0) is 10.2 Å². The van der Waals surface area contributed by atoms with E-state index in [4.69, 9.17) is 5.84 Å². The van der Waals surface area contributed by atoms with Gasteiger partial charge in [-0.25, -0.2) is 0 Å². The largest absolute Gasteiger partial charge is 0.314 e. The quantitative estimate of drug-likeness (QED) is 0.600. The fraction of sp³-hybridized carbons (Fsp3) is 0.462. The third-order valence-corrected chi connectivity index (χ3v) is 3.64. The van der Waals surface area contributed by atoms with E-state index < -0.39 is 5.41 Å². The number of nitrogens with one attached hydrogen (secondary N) is 1. The van der Waals surface area contributed by atoms with Crippen LogP contribution in [0.4, 0.5) is 5.69 Å². The summed E-state index contributed by atoms with van der Waals surface area (Å²) in [6.45, 7) is 5.92. The van der Waals surface area contributed by atoms with Crippen molar-refractivity contribution in [1.29, 1.82) is 0 Å². The van der Waals surface area contributed by atoms with Gasteiger partial charge in [-0.1, -0.05) is 12.1 Å². The Hall–Kier alpha value is -1.39. The summed E-state index contributed by atoms with van der Waals surface area (Å²) in [6.07, 6.45) is 0. The maximum atomic E-state index is 12.1. The van der Waals surface area contributed by atoms with Crippen LogP contribution in [0.15, 0.2) is 18.2 Å². The molecule has 0 aromatic heterocycles. The first-order chi connectivity index (χ1) is 7.89. The van der Waals surface area contributed by atoms with Crippen molar-refractivity contribution in [3.8, 4) is 0 Å². The van der Waals surface area contributed by atoms with Crippen LogP contribution in [0, 0.1) is 0 Å². The van der Waals surface area contributed by atoms with E-state index in [1.54, 1.807) is 4.90 Å². The molecule has 1 unspecified atom stereocenters. The molecule has 92 valence electrons. The molecule has 4 nitrogen and oxygen atoms in total. The van der Waals surface area contributed by atoms with Gasteiger partial charge < -0.3 is 4.90 Å². The Kier molecular flexibility index (Phi) is 2.72. The van der Waals surface area contributed by atoms with Gasteiger partial charge in [0.25, 0.3) is 0 Å². The van der Waals surface area contributed by atoms with Crippen LogP contribution in [0.2, 0.25) is 0 Å². The maximum absolute atomic E-state index is 12.1. The Morgan fingerprint density at radius 1 is 1.41 bits per heavy atom. The number of likely N-dealkylation sites (N-methyl/N-ethyl adjacent to an activating group) is 1. The van der Waals surface area contributed by atoms with Crippen molar-refractivity contribution >= 4 is 11.6 Å². The summed E-state index contributed by atoms with van der Waals surface area (Å²) in [5, 5.41) is 0. The van der Waals surface area contributed by atoms with Gasteiger partial charge in [0.1, 0.15) is 0 Å². The molecule has 1 aromatic rings. The van der Waals surface area contributed by atoms with Crippen molar-refractivity contribution in [3.63, 3.8) is 0 Å². The van der Waals surface area contributed by atoms with Gasteiger partial charge in [-0.15, -0.1) is 0 Å². The molecule has 17 heavy (non-hydrogen) atoms. The Labute approximate surface area is 102 Å². The van der Waals surface area contributed by atoms with Crippen LogP contribution in [-0.4, -0.2) is 13.0 Å². The first kappa shape index (κ1) is 12.1. The average molecular weight is 233 g/mol. The topological polar surface area (TPSA) is 58.4 Å². The molecule has 1 atom stereocenters. The number of carbonyl (C=O) groups excluding carboxylic acids is 1. The predicted molar refractivity (Wildman–Crippen MR) is 68.6 cm³/mol. The molecule has 2 rings (SSSR count). The lowest BCUT2D eigenvalue weighted by molar-refractivity contribution is -0.121. The monoisotopic (exact) mass is 233 g/mol. The van der Waals surface area contributed by atoms with Gasteiger partial charge >= 0.3 is 0 Å². The number of nitrogens with two attached hydrogens (primary N) is 1. The van der Waals surface area contributed by atoms with Gasteiger partial charge in [0.05, 0.1) is 5.41 Å². The fourth-order valence-electron chi connectivity index (χ4n) is 2.36. The molecule has 0 bridgehead atoms. The standard InChI is InChI=1S/C13H19N3O/c1-8(15-14)9-5-6-11-10(7-9)13(2,3)12(17)16(11)4/h5-8,15H,14H2,1-4H3. The molecule has 0 spiro atoms. The first-order valence-electron chi connectivity index (χ1n) is 5.78. The Morgan fingerprint density at radius 3 is 2.65 bits per heavy atom. The second-order valence-corrected chi connectivity index (χ2v) is 5.15. The molecular formula is C13H19N3O. The summed E-state index contributed by atoms with van der Waals surface area (Å²) >= 11 is 0. The second-order valence-electron chi connectivity index (χ2n) is 5.15. The lowest BCUT2D eigenvalue weighted by atomic mass is 9.85. The minimum absolute atomic E-state index is 0.0807. The van der Waals surface area contributed by atoms with E-state index >= 15 is 0 Å². The Morgan fingerprint density at radius 2 is 2.06 bits per heavy atom. The summed E-state index contributed by atoms with van der Waals surface area (Å²) in [6, 6.07) is 6.15. The molecule has 0 fully saturated rings. The van der Waals surface area contributed by atoms with Crippen LogP contribution in [0.25, 0.3) is 0 Å². The minimum Gasteiger partial charge on any atom is -0.314 e. The predicted octanol–water partition coefficient (Wildman–Crippen LogP) is 1.46.